The third kappa shape index (κ3) is 4.40. The van der Waals surface area contributed by atoms with Gasteiger partial charge >= 0.3 is 6.03 Å². The van der Waals surface area contributed by atoms with E-state index in [1.807, 2.05) is 4.90 Å². The van der Waals surface area contributed by atoms with Gasteiger partial charge in [-0.25, -0.2) is 4.79 Å². The molecule has 3 saturated heterocycles. The number of carbonyl (C=O) groups excluding carboxylic acids is 3. The molecule has 8 heteroatoms. The Bertz CT molecular complexity index is 707. The van der Waals surface area contributed by atoms with E-state index in [9.17, 15) is 14.4 Å². The molecule has 3 aliphatic heterocycles. The van der Waals surface area contributed by atoms with Gasteiger partial charge in [0.15, 0.2) is 0 Å². The predicted molar refractivity (Wildman–Crippen MR) is 121 cm³/mol. The number of nitrogens with one attached hydrogen (secondary N) is 2. The van der Waals surface area contributed by atoms with E-state index in [2.05, 4.69) is 29.4 Å². The fraction of sp³-hybridized carbons (Fsp3) is 0.875. The number of hydrogen-bond acceptors (Lipinski definition) is 5. The largest absolute Gasteiger partial charge is 0.379 e. The van der Waals surface area contributed by atoms with E-state index in [4.69, 9.17) is 4.74 Å². The average molecular weight is 449 g/mol. The van der Waals surface area contributed by atoms with E-state index in [1.54, 1.807) is 0 Å². The van der Waals surface area contributed by atoms with Crippen molar-refractivity contribution in [1.82, 2.24) is 20.4 Å². The second-order valence-corrected chi connectivity index (χ2v) is 10.6. The molecule has 0 aromatic heterocycles. The summed E-state index contributed by atoms with van der Waals surface area (Å²) in [6.45, 7) is 8.64. The molecule has 0 aromatic rings. The third-order valence-electron chi connectivity index (χ3n) is 8.26. The van der Waals surface area contributed by atoms with Crippen molar-refractivity contribution in [3.8, 4) is 0 Å². The zero-order valence-electron chi connectivity index (χ0n) is 19.8. The summed E-state index contributed by atoms with van der Waals surface area (Å²) >= 11 is 0. The number of likely N-dealkylation sites (tertiary alicyclic amines) is 1. The highest BCUT2D eigenvalue weighted by molar-refractivity contribution is 6.07. The summed E-state index contributed by atoms with van der Waals surface area (Å²) in [4.78, 5) is 43.2. The second-order valence-electron chi connectivity index (χ2n) is 10.6. The van der Waals surface area contributed by atoms with Crippen LogP contribution in [0.15, 0.2) is 0 Å². The Morgan fingerprint density at radius 1 is 1.06 bits per heavy atom. The van der Waals surface area contributed by atoms with Gasteiger partial charge in [0.05, 0.1) is 13.2 Å². The van der Waals surface area contributed by atoms with Crippen LogP contribution in [0.3, 0.4) is 0 Å². The summed E-state index contributed by atoms with van der Waals surface area (Å²) in [7, 11) is 0. The standard InChI is InChI=1S/C24H40N4O4/c1-18(2)6-11-24(20(29)25-22(31)26-24)19-7-12-27(13-8-19)21(30)23(9-4-3-5-10-23)28-14-16-32-17-15-28/h18-19H,3-17H2,1-2H3,(H2,25,26,29,31)/t24-/m1/s1. The number of amides is 4. The third-order valence-corrected chi connectivity index (χ3v) is 8.26. The van der Waals surface area contributed by atoms with Gasteiger partial charge in [-0.15, -0.1) is 0 Å². The molecule has 32 heavy (non-hydrogen) atoms. The molecule has 0 aromatic carbocycles. The van der Waals surface area contributed by atoms with Crippen LogP contribution in [0.1, 0.15) is 71.6 Å². The minimum absolute atomic E-state index is 0.0578. The van der Waals surface area contributed by atoms with Gasteiger partial charge in [0.1, 0.15) is 11.1 Å². The van der Waals surface area contributed by atoms with Gasteiger partial charge < -0.3 is 15.0 Å². The molecule has 8 nitrogen and oxygen atoms in total. The van der Waals surface area contributed by atoms with Gasteiger partial charge in [0.25, 0.3) is 5.91 Å². The van der Waals surface area contributed by atoms with Crippen molar-refractivity contribution in [3.05, 3.63) is 0 Å². The van der Waals surface area contributed by atoms with Crippen molar-refractivity contribution in [1.29, 1.82) is 0 Å². The van der Waals surface area contributed by atoms with E-state index < -0.39 is 5.54 Å². The Labute approximate surface area is 191 Å². The number of imide groups is 1. The van der Waals surface area contributed by atoms with Crippen molar-refractivity contribution in [2.24, 2.45) is 11.8 Å². The lowest BCUT2D eigenvalue weighted by atomic mass is 9.73. The molecule has 1 saturated carbocycles. The van der Waals surface area contributed by atoms with Crippen LogP contribution in [-0.2, 0) is 14.3 Å². The lowest BCUT2D eigenvalue weighted by Crippen LogP contribution is -2.64. The topological polar surface area (TPSA) is 91.0 Å². The number of rotatable bonds is 6. The molecule has 0 bridgehead atoms. The molecule has 4 aliphatic rings. The Kier molecular flexibility index (Phi) is 7.10. The van der Waals surface area contributed by atoms with Gasteiger partial charge in [-0.2, -0.15) is 0 Å². The Balaban J connectivity index is 1.46. The first-order valence-electron chi connectivity index (χ1n) is 12.6. The van der Waals surface area contributed by atoms with Crippen LogP contribution in [0, 0.1) is 11.8 Å². The van der Waals surface area contributed by atoms with Crippen LogP contribution >= 0.6 is 0 Å². The maximum Gasteiger partial charge on any atom is 0.322 e. The first-order chi connectivity index (χ1) is 15.4. The molecule has 0 spiro atoms. The zero-order chi connectivity index (χ0) is 22.8. The number of urea groups is 1. The highest BCUT2D eigenvalue weighted by atomic mass is 16.5. The number of ether oxygens (including phenoxy) is 1. The average Bonchev–Trinajstić information content (AvgIpc) is 3.12. The smallest absolute Gasteiger partial charge is 0.322 e. The Morgan fingerprint density at radius 3 is 2.28 bits per heavy atom. The van der Waals surface area contributed by atoms with Crippen LogP contribution in [0.25, 0.3) is 0 Å². The maximum atomic E-state index is 13.9. The molecule has 1 aliphatic carbocycles. The molecular weight excluding hydrogens is 408 g/mol. The summed E-state index contributed by atoms with van der Waals surface area (Å²) in [5.74, 6) is 0.597. The number of morpholine rings is 1. The van der Waals surface area contributed by atoms with Crippen LogP contribution in [0.2, 0.25) is 0 Å². The van der Waals surface area contributed by atoms with Gasteiger partial charge in [0, 0.05) is 26.2 Å². The van der Waals surface area contributed by atoms with E-state index in [0.717, 1.165) is 58.0 Å². The zero-order valence-corrected chi connectivity index (χ0v) is 19.8. The van der Waals surface area contributed by atoms with Crippen molar-refractivity contribution in [2.45, 2.75) is 82.7 Å². The van der Waals surface area contributed by atoms with Crippen LogP contribution in [-0.4, -0.2) is 78.1 Å². The van der Waals surface area contributed by atoms with Crippen molar-refractivity contribution in [3.63, 3.8) is 0 Å². The normalized spacial score (nSPS) is 29.8. The first-order valence-corrected chi connectivity index (χ1v) is 12.6. The minimum Gasteiger partial charge on any atom is -0.379 e. The van der Waals surface area contributed by atoms with Crippen LogP contribution < -0.4 is 10.6 Å². The van der Waals surface area contributed by atoms with Crippen LogP contribution in [0.4, 0.5) is 4.79 Å². The molecule has 1 atom stereocenters. The predicted octanol–water partition coefficient (Wildman–Crippen LogP) is 2.27. The first kappa shape index (κ1) is 23.5. The fourth-order valence-electron chi connectivity index (χ4n) is 6.35. The van der Waals surface area contributed by atoms with E-state index in [0.29, 0.717) is 38.6 Å². The minimum atomic E-state index is -0.830. The van der Waals surface area contributed by atoms with Crippen molar-refractivity contribution < 1.29 is 19.1 Å². The highest BCUT2D eigenvalue weighted by Gasteiger charge is 2.53. The number of hydrogen-bond donors (Lipinski definition) is 2. The lowest BCUT2D eigenvalue weighted by molar-refractivity contribution is -0.153. The van der Waals surface area contributed by atoms with Crippen molar-refractivity contribution in [2.75, 3.05) is 39.4 Å². The van der Waals surface area contributed by atoms with E-state index in [1.165, 1.54) is 6.42 Å². The van der Waals surface area contributed by atoms with Gasteiger partial charge in [-0.05, 0) is 50.4 Å². The summed E-state index contributed by atoms with van der Waals surface area (Å²) < 4.78 is 5.56. The molecule has 4 amide bonds. The summed E-state index contributed by atoms with van der Waals surface area (Å²) in [5.41, 5.74) is -1.22. The van der Waals surface area contributed by atoms with Gasteiger partial charge in [0.2, 0.25) is 5.91 Å². The van der Waals surface area contributed by atoms with Crippen molar-refractivity contribution >= 4 is 17.8 Å². The SMILES string of the molecule is CC(C)CC[C@]1(C2CCN(C(=O)C3(N4CCOCC4)CCCCC3)CC2)NC(=O)NC1=O. The Morgan fingerprint density at radius 2 is 1.72 bits per heavy atom. The quantitative estimate of drug-likeness (QED) is 0.609. The van der Waals surface area contributed by atoms with Crippen LogP contribution in [0.5, 0.6) is 0 Å². The lowest BCUT2D eigenvalue weighted by Gasteiger charge is -2.50. The number of carbonyl (C=O) groups is 3. The molecular formula is C24H40N4O4. The maximum absolute atomic E-state index is 13.9. The summed E-state index contributed by atoms with van der Waals surface area (Å²) in [5, 5.41) is 5.46. The van der Waals surface area contributed by atoms with Gasteiger partial charge in [-0.3, -0.25) is 19.8 Å². The summed E-state index contributed by atoms with van der Waals surface area (Å²) in [6.07, 6.45) is 8.30. The van der Waals surface area contributed by atoms with E-state index in [-0.39, 0.29) is 29.3 Å². The highest BCUT2D eigenvalue weighted by Crippen LogP contribution is 2.39. The molecule has 180 valence electrons. The monoisotopic (exact) mass is 448 g/mol. The molecule has 0 unspecified atom stereocenters. The second kappa shape index (κ2) is 9.67. The fourth-order valence-corrected chi connectivity index (χ4v) is 6.35. The molecule has 3 heterocycles. The molecule has 0 radical (unpaired) electrons. The summed E-state index contributed by atoms with van der Waals surface area (Å²) in [6, 6.07) is -0.384. The van der Waals surface area contributed by atoms with Gasteiger partial charge in [-0.1, -0.05) is 33.1 Å². The number of piperidine rings is 1. The Hall–Kier alpha value is -1.67. The molecule has 2 N–H and O–H groups in total. The van der Waals surface area contributed by atoms with E-state index >= 15 is 0 Å². The number of nitrogens with zero attached hydrogens (tertiary/aromatic N) is 2. The molecule has 4 fully saturated rings. The molecule has 4 rings (SSSR count).